The minimum atomic E-state index is -4.86. The van der Waals surface area contributed by atoms with Gasteiger partial charge in [0.15, 0.2) is 13.9 Å². The van der Waals surface area contributed by atoms with Gasteiger partial charge >= 0.3 is 12.1 Å². The average molecular weight is 618 g/mol. The maximum absolute atomic E-state index is 15.1. The van der Waals surface area contributed by atoms with Crippen molar-refractivity contribution in [1.29, 1.82) is 0 Å². The number of aromatic nitrogens is 3. The molecule has 2 aromatic heterocycles. The van der Waals surface area contributed by atoms with Gasteiger partial charge in [0.05, 0.1) is 11.3 Å². The molecule has 2 heterocycles. The fraction of sp³-hybridized carbons (Fsp3) is 0.300. The van der Waals surface area contributed by atoms with E-state index in [9.17, 15) is 9.90 Å². The van der Waals surface area contributed by atoms with Crippen LogP contribution in [-0.4, -0.2) is 57.5 Å². The predicted octanol–water partition coefficient (Wildman–Crippen LogP) is 5.53. The van der Waals surface area contributed by atoms with E-state index in [0.29, 0.717) is 10.4 Å². The summed E-state index contributed by atoms with van der Waals surface area (Å²) in [5.41, 5.74) is -4.77. The fourth-order valence-corrected chi connectivity index (χ4v) is 11.8. The number of aliphatic hydroxyl groups is 1. The van der Waals surface area contributed by atoms with E-state index in [2.05, 4.69) is 10.1 Å². The molecule has 2 N–H and O–H groups in total. The van der Waals surface area contributed by atoms with E-state index in [-0.39, 0.29) is 22.4 Å². The highest BCUT2D eigenvalue weighted by molar-refractivity contribution is 7.05. The van der Waals surface area contributed by atoms with Gasteiger partial charge in [-0.3, -0.25) is 0 Å². The molecule has 0 saturated heterocycles. The molecule has 222 valence electrons. The molecule has 2 atom stereocenters. The Morgan fingerprint density at radius 1 is 0.952 bits per heavy atom. The van der Waals surface area contributed by atoms with Gasteiger partial charge in [-0.25, -0.2) is 14.5 Å². The van der Waals surface area contributed by atoms with Crippen molar-refractivity contribution in [2.24, 2.45) is 5.41 Å². The van der Waals surface area contributed by atoms with Crippen LogP contribution in [0.15, 0.2) is 85.1 Å². The van der Waals surface area contributed by atoms with Crippen LogP contribution in [0.2, 0.25) is 10.2 Å². The lowest BCUT2D eigenvalue weighted by atomic mass is 9.91. The van der Waals surface area contributed by atoms with Gasteiger partial charge in [0.2, 0.25) is 5.88 Å². The molecule has 0 saturated carbocycles. The topological polar surface area (TPSA) is 97.5 Å². The van der Waals surface area contributed by atoms with Crippen molar-refractivity contribution in [2.45, 2.75) is 44.6 Å². The maximum atomic E-state index is 15.1. The van der Waals surface area contributed by atoms with Gasteiger partial charge in [-0.1, -0.05) is 103 Å². The molecule has 0 aliphatic heterocycles. The van der Waals surface area contributed by atoms with Crippen molar-refractivity contribution in [3.05, 3.63) is 95.8 Å². The predicted molar refractivity (Wildman–Crippen MR) is 157 cm³/mol. The molecule has 0 bridgehead atoms. The third-order valence-electron chi connectivity index (χ3n) is 7.69. The Kier molecular flexibility index (Phi) is 8.59. The van der Waals surface area contributed by atoms with Gasteiger partial charge in [-0.15, -0.1) is 5.10 Å². The van der Waals surface area contributed by atoms with Crippen molar-refractivity contribution < 1.29 is 32.9 Å². The summed E-state index contributed by atoms with van der Waals surface area (Å²) in [5, 5.41) is 25.8. The van der Waals surface area contributed by atoms with E-state index in [1.165, 1.54) is 29.1 Å². The minimum absolute atomic E-state index is 0.139. The van der Waals surface area contributed by atoms with Crippen LogP contribution in [-0.2, 0) is 0 Å². The monoisotopic (exact) mass is 617 g/mol. The van der Waals surface area contributed by atoms with Gasteiger partial charge in [-0.2, -0.15) is 13.2 Å². The summed E-state index contributed by atoms with van der Waals surface area (Å²) < 4.78 is 52.2. The van der Waals surface area contributed by atoms with E-state index in [1.54, 1.807) is 60.7 Å². The van der Waals surface area contributed by atoms with Gasteiger partial charge in [0, 0.05) is 12.3 Å². The number of carbonyl (C=O) groups is 1. The molecule has 2 aromatic carbocycles. The summed E-state index contributed by atoms with van der Waals surface area (Å²) in [7, 11) is -3.65. The number of aliphatic hydroxyl groups excluding tert-OH is 1. The summed E-state index contributed by atoms with van der Waals surface area (Å²) in [5.74, 6) is -1.25. The standard InChI is InChI=1S/C30H31ClF3N3O4Si/c1-28(2,3)42(20-11-7-5-8-12-20,21-13-9-6-10-14-21)27(40)29(4,30(32,33)34)19-41-24-17-18-37(36-24)23-16-15-22(26(38)39)25(31)35-23/h5-18,27,40H,19H2,1-4H3,(H,38,39). The molecule has 0 aliphatic rings. The smallest absolute Gasteiger partial charge is 0.399 e. The van der Waals surface area contributed by atoms with Crippen molar-refractivity contribution in [1.82, 2.24) is 14.8 Å². The van der Waals surface area contributed by atoms with Crippen LogP contribution in [0, 0.1) is 5.41 Å². The molecule has 4 rings (SSSR count). The second-order valence-electron chi connectivity index (χ2n) is 11.3. The summed E-state index contributed by atoms with van der Waals surface area (Å²) in [6.45, 7) is 5.69. The van der Waals surface area contributed by atoms with E-state index in [0.717, 1.165) is 6.92 Å². The number of halogens is 4. The highest BCUT2D eigenvalue weighted by atomic mass is 35.5. The van der Waals surface area contributed by atoms with Crippen molar-refractivity contribution >= 4 is 36.0 Å². The minimum Gasteiger partial charge on any atom is -0.478 e. The number of pyridine rings is 1. The zero-order valence-electron chi connectivity index (χ0n) is 23.4. The van der Waals surface area contributed by atoms with Crippen LogP contribution >= 0.6 is 11.6 Å². The van der Waals surface area contributed by atoms with Crippen LogP contribution < -0.4 is 15.1 Å². The number of aromatic carboxylic acids is 1. The number of ether oxygens (including phenoxy) is 1. The number of nitrogens with zero attached hydrogens (tertiary/aromatic N) is 3. The van der Waals surface area contributed by atoms with E-state index in [4.69, 9.17) is 21.4 Å². The molecule has 7 nitrogen and oxygen atoms in total. The molecule has 2 unspecified atom stereocenters. The zero-order chi connectivity index (χ0) is 30.9. The molecule has 0 aliphatic carbocycles. The first-order valence-corrected chi connectivity index (χ1v) is 15.5. The molecular weight excluding hydrogens is 587 g/mol. The number of alkyl halides is 3. The SMILES string of the molecule is CC(COc1ccn(-c2ccc(C(=O)O)c(Cl)n2)n1)(C(O)[Si](c1ccccc1)(c1ccccc1)C(C)(C)C)C(F)(F)F. The highest BCUT2D eigenvalue weighted by Crippen LogP contribution is 2.49. The Labute approximate surface area is 247 Å². The van der Waals surface area contributed by atoms with E-state index >= 15 is 13.2 Å². The Balaban J connectivity index is 1.76. The number of benzene rings is 2. The van der Waals surface area contributed by atoms with Crippen LogP contribution in [0.5, 0.6) is 5.88 Å². The summed E-state index contributed by atoms with van der Waals surface area (Å²) >= 11 is 5.95. The summed E-state index contributed by atoms with van der Waals surface area (Å²) in [6, 6.07) is 21.8. The lowest BCUT2D eigenvalue weighted by Gasteiger charge is -2.52. The first-order chi connectivity index (χ1) is 19.6. The van der Waals surface area contributed by atoms with Crippen LogP contribution in [0.25, 0.3) is 5.82 Å². The van der Waals surface area contributed by atoms with E-state index in [1.807, 2.05) is 20.8 Å². The third-order valence-corrected chi connectivity index (χ3v) is 14.3. The first-order valence-electron chi connectivity index (χ1n) is 13.1. The first kappa shape index (κ1) is 31.3. The number of carboxylic acids is 1. The zero-order valence-corrected chi connectivity index (χ0v) is 25.2. The molecule has 0 spiro atoms. The van der Waals surface area contributed by atoms with Crippen molar-refractivity contribution in [3.63, 3.8) is 0 Å². The fourth-order valence-electron chi connectivity index (χ4n) is 5.40. The van der Waals surface area contributed by atoms with Crippen LogP contribution in [0.4, 0.5) is 13.2 Å². The number of carboxylic acid groups (broad SMARTS) is 1. The van der Waals surface area contributed by atoms with Gasteiger partial charge in [0.1, 0.15) is 17.2 Å². The summed E-state index contributed by atoms with van der Waals surface area (Å²) in [4.78, 5) is 15.2. The lowest BCUT2D eigenvalue weighted by Crippen LogP contribution is -2.77. The second kappa shape index (κ2) is 11.5. The molecule has 0 amide bonds. The van der Waals surface area contributed by atoms with E-state index < -0.39 is 43.0 Å². The quantitative estimate of drug-likeness (QED) is 0.189. The van der Waals surface area contributed by atoms with Crippen molar-refractivity contribution in [2.75, 3.05) is 6.61 Å². The molecule has 4 aromatic rings. The van der Waals surface area contributed by atoms with Crippen LogP contribution in [0.3, 0.4) is 0 Å². The van der Waals surface area contributed by atoms with Crippen LogP contribution in [0.1, 0.15) is 38.1 Å². The lowest BCUT2D eigenvalue weighted by molar-refractivity contribution is -0.246. The molecule has 12 heteroatoms. The highest BCUT2D eigenvalue weighted by Gasteiger charge is 2.66. The largest absolute Gasteiger partial charge is 0.478 e. The Morgan fingerprint density at radius 3 is 1.95 bits per heavy atom. The number of hydrogen-bond donors (Lipinski definition) is 2. The Hall–Kier alpha value is -3.67. The maximum Gasteiger partial charge on any atom is 0.399 e. The summed E-state index contributed by atoms with van der Waals surface area (Å²) in [6.07, 6.45) is -3.46. The average Bonchev–Trinajstić information content (AvgIpc) is 3.41. The molecule has 0 radical (unpaired) electrons. The van der Waals surface area contributed by atoms with Gasteiger partial charge in [-0.05, 0) is 24.1 Å². The van der Waals surface area contributed by atoms with Gasteiger partial charge < -0.3 is 14.9 Å². The number of rotatable bonds is 9. The van der Waals surface area contributed by atoms with Gasteiger partial charge in [0.25, 0.3) is 0 Å². The number of hydrogen-bond acceptors (Lipinski definition) is 5. The molecule has 42 heavy (non-hydrogen) atoms. The Bertz CT molecular complexity index is 1510. The third kappa shape index (κ3) is 5.56. The van der Waals surface area contributed by atoms with Crippen molar-refractivity contribution in [3.8, 4) is 11.7 Å². The second-order valence-corrected chi connectivity index (χ2v) is 16.5. The normalized spacial score (nSPS) is 14.7. The molecular formula is C30H31ClF3N3O4Si. The Morgan fingerprint density at radius 2 is 1.50 bits per heavy atom. The molecule has 0 fully saturated rings.